The highest BCUT2D eigenvalue weighted by atomic mass is 35.5. The first-order chi connectivity index (χ1) is 16.6. The van der Waals surface area contributed by atoms with Crippen LogP contribution in [0.1, 0.15) is 28.1 Å². The molecule has 6 nitrogen and oxygen atoms in total. The molecule has 2 heterocycles. The summed E-state index contributed by atoms with van der Waals surface area (Å²) in [6, 6.07) is 12.9. The molecule has 2 aromatic carbocycles. The zero-order chi connectivity index (χ0) is 25.4. The molecular weight excluding hydrogens is 505 g/mol. The van der Waals surface area contributed by atoms with E-state index in [1.54, 1.807) is 24.3 Å². The molecule has 0 radical (unpaired) electrons. The molecule has 0 unspecified atom stereocenters. The van der Waals surface area contributed by atoms with Crippen molar-refractivity contribution in [2.45, 2.75) is 27.7 Å². The molecule has 1 aliphatic rings. The molecule has 0 spiro atoms. The highest BCUT2D eigenvalue weighted by molar-refractivity contribution is 8.18. The number of thioether (sulfide) groups is 1. The monoisotopic (exact) mass is 527 g/mol. The van der Waals surface area contributed by atoms with Crippen molar-refractivity contribution in [2.24, 2.45) is 0 Å². The molecule has 0 saturated carbocycles. The van der Waals surface area contributed by atoms with Crippen molar-refractivity contribution in [1.29, 1.82) is 0 Å². The van der Waals surface area contributed by atoms with Crippen LogP contribution >= 0.6 is 35.0 Å². The van der Waals surface area contributed by atoms with Gasteiger partial charge in [-0.1, -0.05) is 35.3 Å². The van der Waals surface area contributed by atoms with Crippen molar-refractivity contribution in [3.05, 3.63) is 85.5 Å². The number of aryl methyl sites for hydroxylation is 2. The predicted molar refractivity (Wildman–Crippen MR) is 142 cm³/mol. The molecule has 1 fully saturated rings. The van der Waals surface area contributed by atoms with Crippen LogP contribution in [-0.4, -0.2) is 33.1 Å². The average molecular weight is 528 g/mol. The zero-order valence-electron chi connectivity index (χ0n) is 19.6. The van der Waals surface area contributed by atoms with E-state index in [1.807, 2.05) is 56.5 Å². The SMILES string of the molecule is Cc1cccc(NC(=O)CN2C(=O)S/C(=C\c3cc(C)n(-c4ccc(Cl)c(Cl)c4)c3C)C2=O)c1C. The summed E-state index contributed by atoms with van der Waals surface area (Å²) >= 11 is 13.1. The lowest BCUT2D eigenvalue weighted by atomic mass is 10.1. The fourth-order valence-electron chi connectivity index (χ4n) is 3.95. The Kier molecular flexibility index (Phi) is 7.12. The molecule has 3 aromatic rings. The van der Waals surface area contributed by atoms with Crippen LogP contribution in [0.15, 0.2) is 47.4 Å². The molecule has 0 atom stereocenters. The number of amides is 3. The molecule has 9 heteroatoms. The van der Waals surface area contributed by atoms with Gasteiger partial charge in [0.1, 0.15) is 6.54 Å². The Morgan fingerprint density at radius 3 is 2.49 bits per heavy atom. The van der Waals surface area contributed by atoms with Crippen LogP contribution in [0.25, 0.3) is 11.8 Å². The van der Waals surface area contributed by atoms with Crippen LogP contribution in [0.3, 0.4) is 0 Å². The van der Waals surface area contributed by atoms with Crippen molar-refractivity contribution in [1.82, 2.24) is 9.47 Å². The molecule has 0 aliphatic carbocycles. The van der Waals surface area contributed by atoms with Gasteiger partial charge < -0.3 is 9.88 Å². The summed E-state index contributed by atoms with van der Waals surface area (Å²) in [6.07, 6.45) is 1.68. The summed E-state index contributed by atoms with van der Waals surface area (Å²) in [6.45, 7) is 7.37. The summed E-state index contributed by atoms with van der Waals surface area (Å²) in [4.78, 5) is 39.4. The molecule has 1 aliphatic heterocycles. The Bertz CT molecular complexity index is 1410. The van der Waals surface area contributed by atoms with Crippen LogP contribution in [0.4, 0.5) is 10.5 Å². The second-order valence-electron chi connectivity index (χ2n) is 8.32. The smallest absolute Gasteiger partial charge is 0.294 e. The number of hydrogen-bond acceptors (Lipinski definition) is 4. The summed E-state index contributed by atoms with van der Waals surface area (Å²) in [7, 11) is 0. The van der Waals surface area contributed by atoms with Crippen LogP contribution in [0, 0.1) is 27.7 Å². The van der Waals surface area contributed by atoms with E-state index < -0.39 is 17.1 Å². The van der Waals surface area contributed by atoms with Crippen molar-refractivity contribution in [2.75, 3.05) is 11.9 Å². The Morgan fingerprint density at radius 2 is 1.77 bits per heavy atom. The third kappa shape index (κ3) is 5.03. The molecule has 0 bridgehead atoms. The number of benzene rings is 2. The minimum Gasteiger partial charge on any atom is -0.324 e. The van der Waals surface area contributed by atoms with Crippen LogP contribution in [0.2, 0.25) is 10.0 Å². The number of carbonyl (C=O) groups excluding carboxylic acids is 3. The minimum atomic E-state index is -0.490. The summed E-state index contributed by atoms with van der Waals surface area (Å²) < 4.78 is 2.00. The Hall–Kier alpha value is -3.00. The molecule has 3 amide bonds. The third-order valence-corrected chi connectivity index (χ3v) is 7.62. The fraction of sp³-hybridized carbons (Fsp3) is 0.192. The molecule has 4 rings (SSSR count). The van der Waals surface area contributed by atoms with Gasteiger partial charge in [-0.05, 0) is 92.6 Å². The highest BCUT2D eigenvalue weighted by Crippen LogP contribution is 2.34. The first-order valence-electron chi connectivity index (χ1n) is 10.8. The number of carbonyl (C=O) groups is 3. The first kappa shape index (κ1) is 25.1. The normalized spacial score (nSPS) is 14.8. The zero-order valence-corrected chi connectivity index (χ0v) is 21.9. The van der Waals surface area contributed by atoms with E-state index in [0.717, 1.165) is 50.4 Å². The van der Waals surface area contributed by atoms with E-state index in [4.69, 9.17) is 23.2 Å². The number of nitrogens with zero attached hydrogens (tertiary/aromatic N) is 2. The lowest BCUT2D eigenvalue weighted by Gasteiger charge is -2.14. The third-order valence-electron chi connectivity index (χ3n) is 5.97. The second kappa shape index (κ2) is 9.93. The lowest BCUT2D eigenvalue weighted by molar-refractivity contribution is -0.127. The quantitative estimate of drug-likeness (QED) is 0.375. The van der Waals surface area contributed by atoms with Crippen molar-refractivity contribution >= 4 is 63.8 Å². The maximum absolute atomic E-state index is 13.0. The van der Waals surface area contributed by atoms with E-state index in [1.165, 1.54) is 0 Å². The number of hydrogen-bond donors (Lipinski definition) is 1. The lowest BCUT2D eigenvalue weighted by Crippen LogP contribution is -2.36. The van der Waals surface area contributed by atoms with E-state index in [2.05, 4.69) is 5.32 Å². The van der Waals surface area contributed by atoms with E-state index in [0.29, 0.717) is 15.7 Å². The highest BCUT2D eigenvalue weighted by Gasteiger charge is 2.36. The van der Waals surface area contributed by atoms with Gasteiger partial charge in [-0.25, -0.2) is 0 Å². The number of rotatable bonds is 5. The number of halogens is 2. The van der Waals surface area contributed by atoms with Crippen LogP contribution in [-0.2, 0) is 9.59 Å². The second-order valence-corrected chi connectivity index (χ2v) is 10.1. The first-order valence-corrected chi connectivity index (χ1v) is 12.4. The molecule has 1 N–H and O–H groups in total. The van der Waals surface area contributed by atoms with Gasteiger partial charge in [-0.2, -0.15) is 0 Å². The number of nitrogens with one attached hydrogen (secondary N) is 1. The average Bonchev–Trinajstić information content (AvgIpc) is 3.22. The molecule has 180 valence electrons. The Labute approximate surface area is 217 Å². The summed E-state index contributed by atoms with van der Waals surface area (Å²) in [5, 5.41) is 3.23. The predicted octanol–water partition coefficient (Wildman–Crippen LogP) is 6.69. The van der Waals surface area contributed by atoms with Gasteiger partial charge in [0.25, 0.3) is 11.1 Å². The van der Waals surface area contributed by atoms with Gasteiger partial charge in [-0.15, -0.1) is 0 Å². The van der Waals surface area contributed by atoms with Gasteiger partial charge in [0, 0.05) is 22.8 Å². The van der Waals surface area contributed by atoms with Gasteiger partial charge in [-0.3, -0.25) is 19.3 Å². The molecule has 1 saturated heterocycles. The topological polar surface area (TPSA) is 71.4 Å². The molecule has 35 heavy (non-hydrogen) atoms. The van der Waals surface area contributed by atoms with Gasteiger partial charge in [0.2, 0.25) is 5.91 Å². The standard InChI is InChI=1S/C26H23Cl2N3O3S/c1-14-6-5-7-22(16(14)3)29-24(32)13-30-25(33)23(35-26(30)34)11-18-10-15(2)31(17(18)4)19-8-9-20(27)21(28)12-19/h5-12H,13H2,1-4H3,(H,29,32)/b23-11-. The number of aromatic nitrogens is 1. The van der Waals surface area contributed by atoms with Crippen LogP contribution < -0.4 is 5.32 Å². The Morgan fingerprint density at radius 1 is 1.03 bits per heavy atom. The molecule has 1 aromatic heterocycles. The summed E-state index contributed by atoms with van der Waals surface area (Å²) in [5.74, 6) is -0.921. The van der Waals surface area contributed by atoms with Crippen LogP contribution in [0.5, 0.6) is 0 Å². The van der Waals surface area contributed by atoms with Crippen molar-refractivity contribution in [3.8, 4) is 5.69 Å². The maximum atomic E-state index is 13.0. The van der Waals surface area contributed by atoms with E-state index in [-0.39, 0.29) is 11.4 Å². The fourth-order valence-corrected chi connectivity index (χ4v) is 5.07. The van der Waals surface area contributed by atoms with Gasteiger partial charge >= 0.3 is 0 Å². The van der Waals surface area contributed by atoms with E-state index in [9.17, 15) is 14.4 Å². The molecular formula is C26H23Cl2N3O3S. The van der Waals surface area contributed by atoms with Gasteiger partial charge in [0.15, 0.2) is 0 Å². The largest absolute Gasteiger partial charge is 0.324 e. The minimum absolute atomic E-state index is 0.268. The maximum Gasteiger partial charge on any atom is 0.294 e. The number of anilines is 1. The van der Waals surface area contributed by atoms with Crippen molar-refractivity contribution in [3.63, 3.8) is 0 Å². The van der Waals surface area contributed by atoms with Gasteiger partial charge in [0.05, 0.1) is 15.0 Å². The summed E-state index contributed by atoms with van der Waals surface area (Å²) in [5.41, 5.74) is 6.07. The van der Waals surface area contributed by atoms with E-state index >= 15 is 0 Å². The Balaban J connectivity index is 1.54. The number of imide groups is 1. The van der Waals surface area contributed by atoms with Crippen molar-refractivity contribution < 1.29 is 14.4 Å².